The predicted octanol–water partition coefficient (Wildman–Crippen LogP) is 3.80. The molecule has 1 amide bonds. The van der Waals surface area contributed by atoms with E-state index in [-0.39, 0.29) is 5.91 Å². The second-order valence-corrected chi connectivity index (χ2v) is 5.88. The first-order chi connectivity index (χ1) is 12.2. The highest BCUT2D eigenvalue weighted by molar-refractivity contribution is 5.94. The maximum absolute atomic E-state index is 12.3. The van der Waals surface area contributed by atoms with Gasteiger partial charge in [-0.3, -0.25) is 4.79 Å². The normalized spacial score (nSPS) is 10.4. The zero-order valence-electron chi connectivity index (χ0n) is 14.3. The number of carbonyl (C=O) groups is 1. The summed E-state index contributed by atoms with van der Waals surface area (Å²) >= 11 is 0. The summed E-state index contributed by atoms with van der Waals surface area (Å²) in [7, 11) is 0. The molecule has 0 aliphatic carbocycles. The number of aromatic nitrogens is 2. The minimum atomic E-state index is -0.0635. The van der Waals surface area contributed by atoms with Crippen LogP contribution in [0.25, 0.3) is 11.8 Å². The van der Waals surface area contributed by atoms with Crippen molar-refractivity contribution in [1.82, 2.24) is 15.1 Å². The molecular formula is C21H21N3O. The minimum absolute atomic E-state index is 0.0635. The number of rotatable bonds is 6. The number of nitrogens with one attached hydrogen (secondary N) is 1. The van der Waals surface area contributed by atoms with Crippen LogP contribution in [0.5, 0.6) is 0 Å². The summed E-state index contributed by atoms with van der Waals surface area (Å²) in [5.41, 5.74) is 4.94. The Bertz CT molecular complexity index is 861. The van der Waals surface area contributed by atoms with Crippen molar-refractivity contribution in [1.29, 1.82) is 0 Å². The van der Waals surface area contributed by atoms with Crippen molar-refractivity contribution in [2.75, 3.05) is 6.54 Å². The van der Waals surface area contributed by atoms with E-state index in [0.717, 1.165) is 23.4 Å². The van der Waals surface area contributed by atoms with Gasteiger partial charge in [-0.15, -0.1) is 0 Å². The summed E-state index contributed by atoms with van der Waals surface area (Å²) < 4.78 is 1.84. The van der Waals surface area contributed by atoms with E-state index in [9.17, 15) is 4.79 Å². The average molecular weight is 331 g/mol. The lowest BCUT2D eigenvalue weighted by Crippen LogP contribution is -2.25. The molecule has 0 spiro atoms. The molecule has 4 heteroatoms. The molecule has 1 heterocycles. The number of hydrogen-bond acceptors (Lipinski definition) is 2. The van der Waals surface area contributed by atoms with E-state index >= 15 is 0 Å². The maximum atomic E-state index is 12.3. The summed E-state index contributed by atoms with van der Waals surface area (Å²) in [4.78, 5) is 12.3. The fraction of sp³-hybridized carbons (Fsp3) is 0.143. The van der Waals surface area contributed by atoms with Crippen molar-refractivity contribution in [3.05, 3.63) is 89.8 Å². The number of carbonyl (C=O) groups excluding carboxylic acids is 1. The van der Waals surface area contributed by atoms with Gasteiger partial charge in [0.2, 0.25) is 0 Å². The second-order valence-electron chi connectivity index (χ2n) is 5.88. The Morgan fingerprint density at radius 2 is 1.84 bits per heavy atom. The molecule has 0 saturated heterocycles. The second kappa shape index (κ2) is 7.62. The molecule has 2 aromatic carbocycles. The third-order valence-electron chi connectivity index (χ3n) is 4.12. The van der Waals surface area contributed by atoms with Crippen molar-refractivity contribution in [3.8, 4) is 5.69 Å². The Kier molecular flexibility index (Phi) is 5.09. The van der Waals surface area contributed by atoms with Crippen LogP contribution in [0.3, 0.4) is 0 Å². The standard InChI is InChI=1S/C21H21N3O/c1-3-17-4-6-18(7-5-17)13-14-22-21(25)19-8-10-20(11-9-19)24-16(2)12-15-23-24/h3-12,15H,1,13-14H2,2H3,(H,22,25). The summed E-state index contributed by atoms with van der Waals surface area (Å²) in [5.74, 6) is -0.0635. The van der Waals surface area contributed by atoms with Crippen molar-refractivity contribution >= 4 is 12.0 Å². The third-order valence-corrected chi connectivity index (χ3v) is 4.12. The average Bonchev–Trinajstić information content (AvgIpc) is 3.08. The van der Waals surface area contributed by atoms with Crippen LogP contribution in [0, 0.1) is 6.92 Å². The topological polar surface area (TPSA) is 46.9 Å². The van der Waals surface area contributed by atoms with E-state index < -0.39 is 0 Å². The molecule has 3 aromatic rings. The fourth-order valence-electron chi connectivity index (χ4n) is 2.64. The van der Waals surface area contributed by atoms with Crippen molar-refractivity contribution in [2.45, 2.75) is 13.3 Å². The van der Waals surface area contributed by atoms with Gasteiger partial charge in [0.05, 0.1) is 5.69 Å². The Hall–Kier alpha value is -3.14. The molecule has 0 atom stereocenters. The fourth-order valence-corrected chi connectivity index (χ4v) is 2.64. The van der Waals surface area contributed by atoms with Gasteiger partial charge in [-0.2, -0.15) is 5.10 Å². The van der Waals surface area contributed by atoms with Crippen molar-refractivity contribution < 1.29 is 4.79 Å². The Morgan fingerprint density at radius 1 is 1.12 bits per heavy atom. The van der Waals surface area contributed by atoms with Gasteiger partial charge < -0.3 is 5.32 Å². The molecular weight excluding hydrogens is 310 g/mol. The highest BCUT2D eigenvalue weighted by Crippen LogP contribution is 2.11. The van der Waals surface area contributed by atoms with Gasteiger partial charge >= 0.3 is 0 Å². The SMILES string of the molecule is C=Cc1ccc(CCNC(=O)c2ccc(-n3nccc3C)cc2)cc1. The first kappa shape index (κ1) is 16.7. The lowest BCUT2D eigenvalue weighted by Gasteiger charge is -2.08. The lowest BCUT2D eigenvalue weighted by atomic mass is 10.1. The Balaban J connectivity index is 1.56. The molecule has 0 aliphatic rings. The highest BCUT2D eigenvalue weighted by atomic mass is 16.1. The summed E-state index contributed by atoms with van der Waals surface area (Å²) in [6.07, 6.45) is 4.38. The molecule has 25 heavy (non-hydrogen) atoms. The largest absolute Gasteiger partial charge is 0.352 e. The molecule has 0 fully saturated rings. The van der Waals surface area contributed by atoms with E-state index in [1.54, 1.807) is 6.20 Å². The smallest absolute Gasteiger partial charge is 0.251 e. The molecule has 0 unspecified atom stereocenters. The molecule has 1 N–H and O–H groups in total. The van der Waals surface area contributed by atoms with Crippen LogP contribution in [0.2, 0.25) is 0 Å². The van der Waals surface area contributed by atoms with Gasteiger partial charge in [-0.05, 0) is 54.8 Å². The van der Waals surface area contributed by atoms with Gasteiger partial charge in [0.25, 0.3) is 5.91 Å². The molecule has 126 valence electrons. The predicted molar refractivity (Wildman–Crippen MR) is 101 cm³/mol. The van der Waals surface area contributed by atoms with E-state index in [2.05, 4.69) is 29.1 Å². The molecule has 0 aliphatic heterocycles. The monoisotopic (exact) mass is 331 g/mol. The molecule has 4 nitrogen and oxygen atoms in total. The molecule has 0 bridgehead atoms. The molecule has 0 radical (unpaired) electrons. The van der Waals surface area contributed by atoms with Crippen LogP contribution in [0.15, 0.2) is 67.4 Å². The first-order valence-electron chi connectivity index (χ1n) is 8.28. The van der Waals surface area contributed by atoms with E-state index in [0.29, 0.717) is 12.1 Å². The van der Waals surface area contributed by atoms with Crippen LogP contribution in [0.4, 0.5) is 0 Å². The van der Waals surface area contributed by atoms with Crippen LogP contribution < -0.4 is 5.32 Å². The zero-order chi connectivity index (χ0) is 17.6. The Labute approximate surface area is 147 Å². The van der Waals surface area contributed by atoms with E-state index in [1.165, 1.54) is 5.56 Å². The quantitative estimate of drug-likeness (QED) is 0.747. The zero-order valence-corrected chi connectivity index (χ0v) is 14.3. The third kappa shape index (κ3) is 4.04. The van der Waals surface area contributed by atoms with Crippen LogP contribution in [-0.2, 0) is 6.42 Å². The van der Waals surface area contributed by atoms with Gasteiger partial charge in [-0.1, -0.05) is 36.9 Å². The molecule has 0 saturated carbocycles. The van der Waals surface area contributed by atoms with E-state index in [1.807, 2.05) is 60.1 Å². The van der Waals surface area contributed by atoms with E-state index in [4.69, 9.17) is 0 Å². The molecule has 3 rings (SSSR count). The van der Waals surface area contributed by atoms with Crippen molar-refractivity contribution in [3.63, 3.8) is 0 Å². The number of benzene rings is 2. The van der Waals surface area contributed by atoms with Crippen LogP contribution >= 0.6 is 0 Å². The summed E-state index contributed by atoms with van der Waals surface area (Å²) in [6.45, 7) is 6.34. The first-order valence-corrected chi connectivity index (χ1v) is 8.28. The van der Waals surface area contributed by atoms with Crippen LogP contribution in [-0.4, -0.2) is 22.2 Å². The van der Waals surface area contributed by atoms with Crippen LogP contribution in [0.1, 0.15) is 27.2 Å². The van der Waals surface area contributed by atoms with Crippen molar-refractivity contribution in [2.24, 2.45) is 0 Å². The van der Waals surface area contributed by atoms with Gasteiger partial charge in [0.15, 0.2) is 0 Å². The van der Waals surface area contributed by atoms with Gasteiger partial charge in [0, 0.05) is 24.0 Å². The summed E-state index contributed by atoms with van der Waals surface area (Å²) in [5, 5.41) is 7.23. The van der Waals surface area contributed by atoms with Gasteiger partial charge in [0.1, 0.15) is 0 Å². The lowest BCUT2D eigenvalue weighted by molar-refractivity contribution is 0.0954. The Morgan fingerprint density at radius 3 is 2.44 bits per heavy atom. The molecule has 1 aromatic heterocycles. The summed E-state index contributed by atoms with van der Waals surface area (Å²) in [6, 6.07) is 17.6. The van der Waals surface area contributed by atoms with Gasteiger partial charge in [-0.25, -0.2) is 4.68 Å². The minimum Gasteiger partial charge on any atom is -0.352 e. The number of aryl methyl sites for hydroxylation is 1. The maximum Gasteiger partial charge on any atom is 0.251 e. The number of amides is 1. The number of hydrogen-bond donors (Lipinski definition) is 1. The highest BCUT2D eigenvalue weighted by Gasteiger charge is 2.06. The number of nitrogens with zero attached hydrogens (tertiary/aromatic N) is 2.